The van der Waals surface area contributed by atoms with E-state index in [9.17, 15) is 0 Å². The Morgan fingerprint density at radius 2 is 1.84 bits per heavy atom. The van der Waals surface area contributed by atoms with Gasteiger partial charge >= 0.3 is 0 Å². The summed E-state index contributed by atoms with van der Waals surface area (Å²) < 4.78 is 7.43. The van der Waals surface area contributed by atoms with E-state index in [0.29, 0.717) is 5.11 Å². The molecule has 4 nitrogen and oxygen atoms in total. The second-order valence-corrected chi connectivity index (χ2v) is 8.85. The van der Waals surface area contributed by atoms with Crippen LogP contribution in [0.25, 0.3) is 11.3 Å². The van der Waals surface area contributed by atoms with Crippen LogP contribution in [-0.2, 0) is 0 Å². The molecule has 1 fully saturated rings. The number of aromatic nitrogens is 1. The maximum absolute atomic E-state index is 6.39. The Kier molecular flexibility index (Phi) is 5.34. The van der Waals surface area contributed by atoms with Crippen LogP contribution in [0.2, 0.25) is 0 Å². The molecule has 0 saturated carbocycles. The van der Waals surface area contributed by atoms with Crippen LogP contribution in [0.4, 0.5) is 5.69 Å². The van der Waals surface area contributed by atoms with Crippen molar-refractivity contribution in [3.8, 4) is 11.3 Å². The van der Waals surface area contributed by atoms with E-state index in [2.05, 4.69) is 56.3 Å². The standard InChI is InChI=1S/C25H20BrN3OS/c1-16-5-4-6-19(15-16)29-24(23(28-25(29)31)20-7-2-3-14-27-20)22-13-12-21(30-22)17-8-10-18(26)11-9-17/h2-15,23-24H,1H3,(H,28,31)/t23-,24+/m1/s1. The Labute approximate surface area is 195 Å². The van der Waals surface area contributed by atoms with Crippen LogP contribution in [0.3, 0.4) is 0 Å². The molecular weight excluding hydrogens is 470 g/mol. The second kappa shape index (κ2) is 8.29. The number of aryl methyl sites for hydroxylation is 1. The minimum absolute atomic E-state index is 0.127. The van der Waals surface area contributed by atoms with Crippen LogP contribution in [0.5, 0.6) is 0 Å². The predicted molar refractivity (Wildman–Crippen MR) is 131 cm³/mol. The van der Waals surface area contributed by atoms with Crippen LogP contribution in [0.1, 0.15) is 29.1 Å². The number of furan rings is 1. The molecule has 0 bridgehead atoms. The smallest absolute Gasteiger partial charge is 0.174 e. The Balaban J connectivity index is 1.60. The van der Waals surface area contributed by atoms with Gasteiger partial charge in [0, 0.05) is 21.9 Å². The molecule has 2 atom stereocenters. The van der Waals surface area contributed by atoms with Gasteiger partial charge in [-0.15, -0.1) is 0 Å². The van der Waals surface area contributed by atoms with Crippen LogP contribution >= 0.6 is 28.1 Å². The largest absolute Gasteiger partial charge is 0.459 e. The van der Waals surface area contributed by atoms with Crippen molar-refractivity contribution in [3.63, 3.8) is 0 Å². The van der Waals surface area contributed by atoms with Crippen molar-refractivity contribution >= 4 is 38.9 Å². The summed E-state index contributed by atoms with van der Waals surface area (Å²) in [7, 11) is 0. The van der Waals surface area contributed by atoms with Gasteiger partial charge in [-0.3, -0.25) is 4.98 Å². The highest BCUT2D eigenvalue weighted by molar-refractivity contribution is 9.10. The second-order valence-electron chi connectivity index (χ2n) is 7.54. The number of halogens is 1. The topological polar surface area (TPSA) is 41.3 Å². The van der Waals surface area contributed by atoms with Gasteiger partial charge in [-0.1, -0.05) is 46.3 Å². The van der Waals surface area contributed by atoms with E-state index >= 15 is 0 Å². The molecule has 1 aliphatic rings. The summed E-state index contributed by atoms with van der Waals surface area (Å²) in [6, 6.07) is 26.2. The number of benzene rings is 2. The SMILES string of the molecule is Cc1cccc(N2C(=S)N[C@H](c3ccccn3)[C@@H]2c2ccc(-c3ccc(Br)cc3)o2)c1. The number of hydrogen-bond donors (Lipinski definition) is 1. The molecule has 31 heavy (non-hydrogen) atoms. The lowest BCUT2D eigenvalue weighted by Crippen LogP contribution is -2.29. The summed E-state index contributed by atoms with van der Waals surface area (Å²) in [5.74, 6) is 1.66. The minimum atomic E-state index is -0.159. The molecule has 0 aliphatic carbocycles. The fraction of sp³-hybridized carbons (Fsp3) is 0.120. The first-order valence-electron chi connectivity index (χ1n) is 10.0. The molecule has 5 rings (SSSR count). The first-order chi connectivity index (χ1) is 15.1. The van der Waals surface area contributed by atoms with Crippen LogP contribution in [-0.4, -0.2) is 10.1 Å². The molecule has 1 aliphatic heterocycles. The van der Waals surface area contributed by atoms with Crippen LogP contribution in [0.15, 0.2) is 93.9 Å². The van der Waals surface area contributed by atoms with Gasteiger partial charge in [0.1, 0.15) is 17.6 Å². The molecule has 2 aromatic carbocycles. The molecule has 2 aromatic heterocycles. The minimum Gasteiger partial charge on any atom is -0.459 e. The highest BCUT2D eigenvalue weighted by atomic mass is 79.9. The molecular formula is C25H20BrN3OS. The molecule has 1 N–H and O–H groups in total. The fourth-order valence-corrected chi connectivity index (χ4v) is 4.59. The maximum Gasteiger partial charge on any atom is 0.174 e. The van der Waals surface area contributed by atoms with E-state index in [1.807, 2.05) is 66.9 Å². The number of hydrogen-bond acceptors (Lipinski definition) is 3. The summed E-state index contributed by atoms with van der Waals surface area (Å²) in [4.78, 5) is 6.73. The first kappa shape index (κ1) is 20.0. The zero-order chi connectivity index (χ0) is 21.4. The van der Waals surface area contributed by atoms with Gasteiger partial charge in [-0.05, 0) is 73.2 Å². The normalized spacial score (nSPS) is 18.3. The Morgan fingerprint density at radius 3 is 2.58 bits per heavy atom. The van der Waals surface area contributed by atoms with Crippen molar-refractivity contribution in [2.75, 3.05) is 4.90 Å². The van der Waals surface area contributed by atoms with Crippen molar-refractivity contribution in [2.24, 2.45) is 0 Å². The Morgan fingerprint density at radius 1 is 1.00 bits per heavy atom. The van der Waals surface area contributed by atoms with E-state index < -0.39 is 0 Å². The van der Waals surface area contributed by atoms with Gasteiger partial charge in [0.25, 0.3) is 0 Å². The molecule has 3 heterocycles. The Bertz CT molecular complexity index is 1220. The van der Waals surface area contributed by atoms with Gasteiger partial charge < -0.3 is 14.6 Å². The highest BCUT2D eigenvalue weighted by Crippen LogP contribution is 2.43. The van der Waals surface area contributed by atoms with E-state index in [4.69, 9.17) is 16.6 Å². The molecule has 1 saturated heterocycles. The predicted octanol–water partition coefficient (Wildman–Crippen LogP) is 6.59. The van der Waals surface area contributed by atoms with E-state index in [1.165, 1.54) is 5.56 Å². The maximum atomic E-state index is 6.39. The third kappa shape index (κ3) is 3.89. The number of nitrogens with zero attached hydrogens (tertiary/aromatic N) is 2. The van der Waals surface area contributed by atoms with E-state index in [0.717, 1.165) is 32.9 Å². The summed E-state index contributed by atoms with van der Waals surface area (Å²) in [5, 5.41) is 4.13. The molecule has 0 amide bonds. The third-order valence-electron chi connectivity index (χ3n) is 5.42. The lowest BCUT2D eigenvalue weighted by Gasteiger charge is -2.26. The molecule has 154 valence electrons. The third-order valence-corrected chi connectivity index (χ3v) is 6.27. The number of thiocarbonyl (C=S) groups is 1. The lowest BCUT2D eigenvalue weighted by atomic mass is 10.0. The van der Waals surface area contributed by atoms with Gasteiger partial charge in [0.15, 0.2) is 5.11 Å². The Hall–Kier alpha value is -2.96. The van der Waals surface area contributed by atoms with Gasteiger partial charge in [0.2, 0.25) is 0 Å². The summed E-state index contributed by atoms with van der Waals surface area (Å²) >= 11 is 9.26. The van der Waals surface area contributed by atoms with Crippen molar-refractivity contribution in [1.82, 2.24) is 10.3 Å². The summed E-state index contributed by atoms with van der Waals surface area (Å²) in [6.07, 6.45) is 1.81. The van der Waals surface area contributed by atoms with Crippen LogP contribution < -0.4 is 10.2 Å². The van der Waals surface area contributed by atoms with Crippen LogP contribution in [0, 0.1) is 6.92 Å². The van der Waals surface area contributed by atoms with Crippen molar-refractivity contribution in [3.05, 3.63) is 107 Å². The van der Waals surface area contributed by atoms with Crippen molar-refractivity contribution in [2.45, 2.75) is 19.0 Å². The average Bonchev–Trinajstić information content (AvgIpc) is 3.39. The highest BCUT2D eigenvalue weighted by Gasteiger charge is 2.42. The molecule has 0 unspecified atom stereocenters. The number of pyridine rings is 1. The molecule has 4 aromatic rings. The van der Waals surface area contributed by atoms with Crippen molar-refractivity contribution in [1.29, 1.82) is 0 Å². The number of anilines is 1. The number of rotatable bonds is 4. The molecule has 0 radical (unpaired) electrons. The molecule has 0 spiro atoms. The fourth-order valence-electron chi connectivity index (χ4n) is 3.98. The lowest BCUT2D eigenvalue weighted by molar-refractivity contribution is 0.439. The van der Waals surface area contributed by atoms with Crippen molar-refractivity contribution < 1.29 is 4.42 Å². The monoisotopic (exact) mass is 489 g/mol. The van der Waals surface area contributed by atoms with Gasteiger partial charge in [0.05, 0.1) is 11.7 Å². The van der Waals surface area contributed by atoms with E-state index in [-0.39, 0.29) is 12.1 Å². The molecule has 6 heteroatoms. The summed E-state index contributed by atoms with van der Waals surface area (Å²) in [6.45, 7) is 2.08. The quantitative estimate of drug-likeness (QED) is 0.327. The first-order valence-corrected chi connectivity index (χ1v) is 11.2. The van der Waals surface area contributed by atoms with E-state index in [1.54, 1.807) is 0 Å². The average molecular weight is 490 g/mol. The zero-order valence-electron chi connectivity index (χ0n) is 16.8. The van der Waals surface area contributed by atoms with Gasteiger partial charge in [-0.25, -0.2) is 0 Å². The van der Waals surface area contributed by atoms with Gasteiger partial charge in [-0.2, -0.15) is 0 Å². The number of nitrogens with one attached hydrogen (secondary N) is 1. The summed E-state index contributed by atoms with van der Waals surface area (Å²) in [5.41, 5.74) is 4.16. The zero-order valence-corrected chi connectivity index (χ0v) is 19.2.